The quantitative estimate of drug-likeness (QED) is 0.850. The number of rotatable bonds is 6. The van der Waals surface area contributed by atoms with Gasteiger partial charge >= 0.3 is 5.97 Å². The van der Waals surface area contributed by atoms with Gasteiger partial charge in [0.2, 0.25) is 5.01 Å². The molecule has 0 amide bonds. The Hall–Kier alpha value is -0.940. The number of carboxylic acids is 1. The summed E-state index contributed by atoms with van der Waals surface area (Å²) in [7, 11) is 0. The molecule has 0 saturated heterocycles. The van der Waals surface area contributed by atoms with Crippen LogP contribution < -0.4 is 0 Å². The summed E-state index contributed by atoms with van der Waals surface area (Å²) >= 11 is 1.19. The summed E-state index contributed by atoms with van der Waals surface area (Å²) < 4.78 is 0. The lowest BCUT2D eigenvalue weighted by Gasteiger charge is -2.27. The Labute approximate surface area is 106 Å². The van der Waals surface area contributed by atoms with Gasteiger partial charge in [-0.05, 0) is 19.8 Å². The minimum atomic E-state index is -0.943. The Balaban J connectivity index is 2.68. The molecule has 0 saturated carbocycles. The van der Waals surface area contributed by atoms with Gasteiger partial charge in [0, 0.05) is 24.5 Å². The Morgan fingerprint density at radius 2 is 2.12 bits per heavy atom. The second-order valence-electron chi connectivity index (χ2n) is 4.87. The van der Waals surface area contributed by atoms with Gasteiger partial charge in [-0.15, -0.1) is 11.3 Å². The second kappa shape index (κ2) is 6.12. The fourth-order valence-electron chi connectivity index (χ4n) is 1.61. The van der Waals surface area contributed by atoms with Crippen LogP contribution in [0.5, 0.6) is 0 Å². The lowest BCUT2D eigenvalue weighted by Crippen LogP contribution is -2.33. The van der Waals surface area contributed by atoms with Gasteiger partial charge in [0.25, 0.3) is 0 Å². The Morgan fingerprint density at radius 1 is 1.47 bits per heavy atom. The van der Waals surface area contributed by atoms with E-state index in [2.05, 4.69) is 37.6 Å². The highest BCUT2D eigenvalue weighted by Crippen LogP contribution is 2.14. The summed E-state index contributed by atoms with van der Waals surface area (Å²) in [5.41, 5.74) is 0.849. The molecule has 96 valence electrons. The van der Waals surface area contributed by atoms with Gasteiger partial charge in [0.15, 0.2) is 0 Å². The van der Waals surface area contributed by atoms with Crippen LogP contribution in [0.15, 0.2) is 5.38 Å². The molecular weight excluding hydrogens is 236 g/mol. The molecule has 0 fully saturated rings. The Morgan fingerprint density at radius 3 is 2.53 bits per heavy atom. The Bertz CT molecular complexity index is 374. The standard InChI is InChI=1S/C12H20N2O2S/c1-8(2)5-14(9(3)4)6-10-7-17-11(13-10)12(15)16/h7-9H,5-6H2,1-4H3,(H,15,16). The zero-order valence-electron chi connectivity index (χ0n) is 10.8. The number of nitrogens with zero attached hydrogens (tertiary/aromatic N) is 2. The molecule has 0 radical (unpaired) electrons. The van der Waals surface area contributed by atoms with Crippen molar-refractivity contribution in [1.29, 1.82) is 0 Å². The predicted molar refractivity (Wildman–Crippen MR) is 69.5 cm³/mol. The fraction of sp³-hybridized carbons (Fsp3) is 0.667. The van der Waals surface area contributed by atoms with Gasteiger partial charge in [-0.25, -0.2) is 9.78 Å². The van der Waals surface area contributed by atoms with Gasteiger partial charge in [-0.1, -0.05) is 13.8 Å². The number of hydrogen-bond acceptors (Lipinski definition) is 4. The van der Waals surface area contributed by atoms with Crippen LogP contribution in [0.25, 0.3) is 0 Å². The summed E-state index contributed by atoms with van der Waals surface area (Å²) in [6.45, 7) is 10.4. The lowest BCUT2D eigenvalue weighted by atomic mass is 10.1. The average Bonchev–Trinajstić information content (AvgIpc) is 2.64. The zero-order valence-corrected chi connectivity index (χ0v) is 11.6. The summed E-state index contributed by atoms with van der Waals surface area (Å²) in [5.74, 6) is -0.351. The number of hydrogen-bond donors (Lipinski definition) is 1. The topological polar surface area (TPSA) is 53.4 Å². The molecule has 17 heavy (non-hydrogen) atoms. The smallest absolute Gasteiger partial charge is 0.365 e. The number of aromatic nitrogens is 1. The average molecular weight is 256 g/mol. The molecule has 0 aromatic carbocycles. The maximum atomic E-state index is 10.7. The highest BCUT2D eigenvalue weighted by Gasteiger charge is 2.15. The van der Waals surface area contributed by atoms with Gasteiger partial charge in [-0.2, -0.15) is 0 Å². The molecule has 0 bridgehead atoms. The summed E-state index contributed by atoms with van der Waals surface area (Å²) in [4.78, 5) is 17.2. The molecule has 0 aliphatic rings. The molecule has 1 N–H and O–H groups in total. The van der Waals surface area contributed by atoms with E-state index in [1.165, 1.54) is 11.3 Å². The van der Waals surface area contributed by atoms with Gasteiger partial charge in [-0.3, -0.25) is 4.90 Å². The van der Waals surface area contributed by atoms with Crippen LogP contribution in [0.2, 0.25) is 0 Å². The zero-order chi connectivity index (χ0) is 13.0. The molecule has 0 aliphatic heterocycles. The number of thiazole rings is 1. The van der Waals surface area contributed by atoms with Crippen molar-refractivity contribution < 1.29 is 9.90 Å². The van der Waals surface area contributed by atoms with Crippen molar-refractivity contribution in [3.05, 3.63) is 16.1 Å². The van der Waals surface area contributed by atoms with Gasteiger partial charge in [0.1, 0.15) is 0 Å². The van der Waals surface area contributed by atoms with Crippen LogP contribution in [0.3, 0.4) is 0 Å². The molecule has 0 spiro atoms. The van der Waals surface area contributed by atoms with Crippen LogP contribution in [0, 0.1) is 5.92 Å². The van der Waals surface area contributed by atoms with E-state index < -0.39 is 5.97 Å². The molecular formula is C12H20N2O2S. The van der Waals surface area contributed by atoms with Crippen molar-refractivity contribution in [2.45, 2.75) is 40.3 Å². The van der Waals surface area contributed by atoms with Gasteiger partial charge in [0.05, 0.1) is 5.69 Å². The van der Waals surface area contributed by atoms with E-state index in [9.17, 15) is 4.79 Å². The molecule has 1 rings (SSSR count). The van der Waals surface area contributed by atoms with Crippen molar-refractivity contribution in [2.75, 3.05) is 6.54 Å². The van der Waals surface area contributed by atoms with Crippen molar-refractivity contribution in [1.82, 2.24) is 9.88 Å². The molecule has 1 aromatic heterocycles. The summed E-state index contributed by atoms with van der Waals surface area (Å²) in [6.07, 6.45) is 0. The molecule has 1 aromatic rings. The lowest BCUT2D eigenvalue weighted by molar-refractivity contribution is 0.0696. The maximum absolute atomic E-state index is 10.7. The van der Waals surface area contributed by atoms with E-state index in [1.807, 2.05) is 5.38 Å². The SMILES string of the molecule is CC(C)CN(Cc1csc(C(=O)O)n1)C(C)C. The van der Waals surface area contributed by atoms with Crippen LogP contribution in [0.1, 0.15) is 43.2 Å². The molecule has 0 atom stereocenters. The van der Waals surface area contributed by atoms with Crippen molar-refractivity contribution in [3.8, 4) is 0 Å². The van der Waals surface area contributed by atoms with E-state index in [-0.39, 0.29) is 5.01 Å². The maximum Gasteiger partial charge on any atom is 0.365 e. The highest BCUT2D eigenvalue weighted by molar-refractivity contribution is 7.11. The van der Waals surface area contributed by atoms with Gasteiger partial charge < -0.3 is 5.11 Å². The van der Waals surface area contributed by atoms with Crippen molar-refractivity contribution in [2.24, 2.45) is 5.92 Å². The predicted octanol–water partition coefficient (Wildman–Crippen LogP) is 2.71. The van der Waals surface area contributed by atoms with E-state index in [0.717, 1.165) is 18.8 Å². The Kier molecular flexibility index (Phi) is 5.08. The molecule has 1 heterocycles. The van der Waals surface area contributed by atoms with E-state index in [0.29, 0.717) is 12.0 Å². The fourth-order valence-corrected chi connectivity index (χ4v) is 2.26. The third-order valence-electron chi connectivity index (χ3n) is 2.43. The van der Waals surface area contributed by atoms with E-state index >= 15 is 0 Å². The van der Waals surface area contributed by atoms with E-state index in [1.54, 1.807) is 0 Å². The van der Waals surface area contributed by atoms with Crippen molar-refractivity contribution >= 4 is 17.3 Å². The normalized spacial score (nSPS) is 11.7. The monoisotopic (exact) mass is 256 g/mol. The van der Waals surface area contributed by atoms with Crippen LogP contribution in [-0.2, 0) is 6.54 Å². The molecule has 0 unspecified atom stereocenters. The third kappa shape index (κ3) is 4.44. The first kappa shape index (κ1) is 14.1. The first-order valence-electron chi connectivity index (χ1n) is 5.82. The number of carboxylic acid groups (broad SMARTS) is 1. The highest BCUT2D eigenvalue weighted by atomic mass is 32.1. The minimum Gasteiger partial charge on any atom is -0.476 e. The third-order valence-corrected chi connectivity index (χ3v) is 3.31. The molecule has 4 nitrogen and oxygen atoms in total. The number of carbonyl (C=O) groups is 1. The minimum absolute atomic E-state index is 0.174. The van der Waals surface area contributed by atoms with E-state index in [4.69, 9.17) is 5.11 Å². The molecule has 0 aliphatic carbocycles. The summed E-state index contributed by atoms with van der Waals surface area (Å²) in [6, 6.07) is 0.437. The first-order valence-corrected chi connectivity index (χ1v) is 6.69. The number of aromatic carboxylic acids is 1. The first-order chi connectivity index (χ1) is 7.90. The summed E-state index contributed by atoms with van der Waals surface area (Å²) in [5, 5.41) is 10.8. The second-order valence-corrected chi connectivity index (χ2v) is 5.72. The largest absolute Gasteiger partial charge is 0.476 e. The van der Waals surface area contributed by atoms with Crippen LogP contribution in [0.4, 0.5) is 0 Å². The van der Waals surface area contributed by atoms with Crippen molar-refractivity contribution in [3.63, 3.8) is 0 Å². The molecule has 5 heteroatoms. The van der Waals surface area contributed by atoms with Crippen LogP contribution >= 0.6 is 11.3 Å². The van der Waals surface area contributed by atoms with Crippen LogP contribution in [-0.4, -0.2) is 33.5 Å².